The molecule has 0 spiro atoms. The molecule has 0 saturated carbocycles. The van der Waals surface area contributed by atoms with Crippen LogP contribution in [0.25, 0.3) is 0 Å². The fourth-order valence-corrected chi connectivity index (χ4v) is 1.28. The molecular weight excluding hydrogens is 205 g/mol. The van der Waals surface area contributed by atoms with Crippen molar-refractivity contribution in [2.24, 2.45) is 0 Å². The molecule has 0 aliphatic carbocycles. The zero-order chi connectivity index (χ0) is 11.5. The molecule has 0 aliphatic heterocycles. The first-order valence-electron chi connectivity index (χ1n) is 4.56. The quantitative estimate of drug-likeness (QED) is 0.706. The Bertz CT molecular complexity index is 355. The van der Waals surface area contributed by atoms with E-state index in [-0.39, 0.29) is 0 Å². The molecule has 0 saturated heterocycles. The first kappa shape index (κ1) is 11.8. The number of hydrogen-bond acceptors (Lipinski definition) is 1. The molecule has 15 heavy (non-hydrogen) atoms. The Morgan fingerprint density at radius 2 is 1.87 bits per heavy atom. The number of ketones is 1. The van der Waals surface area contributed by atoms with Crippen molar-refractivity contribution in [3.8, 4) is 0 Å². The van der Waals surface area contributed by atoms with Gasteiger partial charge in [0.25, 0.3) is 0 Å². The molecule has 0 radical (unpaired) electrons. The van der Waals surface area contributed by atoms with Crippen molar-refractivity contribution in [3.63, 3.8) is 0 Å². The smallest absolute Gasteiger partial charge is 0.294 e. The molecular formula is C11H11F3O. The average Bonchev–Trinajstić information content (AvgIpc) is 2.14. The van der Waals surface area contributed by atoms with Gasteiger partial charge in [-0.1, -0.05) is 24.3 Å². The van der Waals surface area contributed by atoms with Crippen LogP contribution in [0.1, 0.15) is 28.8 Å². The standard InChI is InChI=1S/C11H11F3O/c1-8-4-2-3-5-9(8)10(15)6-7-11(12,13)14/h2-5H,6-7H2,1H3. The molecule has 82 valence electrons. The lowest BCUT2D eigenvalue weighted by Gasteiger charge is -2.06. The van der Waals surface area contributed by atoms with Crippen LogP contribution >= 0.6 is 0 Å². The van der Waals surface area contributed by atoms with Gasteiger partial charge in [0.1, 0.15) is 0 Å². The first-order chi connectivity index (χ1) is 6.90. The van der Waals surface area contributed by atoms with Crippen molar-refractivity contribution in [1.82, 2.24) is 0 Å². The van der Waals surface area contributed by atoms with Gasteiger partial charge in [0.15, 0.2) is 5.78 Å². The molecule has 1 aromatic carbocycles. The van der Waals surface area contributed by atoms with E-state index in [9.17, 15) is 18.0 Å². The van der Waals surface area contributed by atoms with Crippen molar-refractivity contribution in [2.75, 3.05) is 0 Å². The first-order valence-corrected chi connectivity index (χ1v) is 4.56. The minimum atomic E-state index is -4.27. The number of carbonyl (C=O) groups excluding carboxylic acids is 1. The summed E-state index contributed by atoms with van der Waals surface area (Å²) in [6.07, 6.45) is -5.80. The molecule has 0 fully saturated rings. The lowest BCUT2D eigenvalue weighted by molar-refractivity contribution is -0.133. The largest absolute Gasteiger partial charge is 0.389 e. The number of carbonyl (C=O) groups is 1. The van der Waals surface area contributed by atoms with Crippen LogP contribution < -0.4 is 0 Å². The van der Waals surface area contributed by atoms with Crippen molar-refractivity contribution in [2.45, 2.75) is 25.9 Å². The van der Waals surface area contributed by atoms with Crippen LogP contribution in [0.15, 0.2) is 24.3 Å². The summed E-state index contributed by atoms with van der Waals surface area (Å²) in [6.45, 7) is 1.71. The summed E-state index contributed by atoms with van der Waals surface area (Å²) in [5.74, 6) is -0.453. The molecule has 4 heteroatoms. The molecule has 0 aliphatic rings. The maximum absolute atomic E-state index is 11.9. The van der Waals surface area contributed by atoms with Gasteiger partial charge in [-0.05, 0) is 12.5 Å². The van der Waals surface area contributed by atoms with E-state index in [0.717, 1.165) is 0 Å². The topological polar surface area (TPSA) is 17.1 Å². The Morgan fingerprint density at radius 3 is 2.40 bits per heavy atom. The number of rotatable bonds is 3. The number of aryl methyl sites for hydroxylation is 1. The Labute approximate surface area is 85.9 Å². The van der Waals surface area contributed by atoms with Gasteiger partial charge in [-0.25, -0.2) is 0 Å². The van der Waals surface area contributed by atoms with Crippen molar-refractivity contribution >= 4 is 5.78 Å². The Hall–Kier alpha value is -1.32. The molecule has 0 heterocycles. The van der Waals surface area contributed by atoms with Crippen LogP contribution in [0, 0.1) is 6.92 Å². The SMILES string of the molecule is Cc1ccccc1C(=O)CCC(F)(F)F. The highest BCUT2D eigenvalue weighted by atomic mass is 19.4. The predicted octanol–water partition coefficient (Wildman–Crippen LogP) is 3.52. The zero-order valence-electron chi connectivity index (χ0n) is 8.27. The van der Waals surface area contributed by atoms with Gasteiger partial charge >= 0.3 is 6.18 Å². The minimum absolute atomic E-state index is 0.377. The summed E-state index contributed by atoms with van der Waals surface area (Å²) in [5, 5.41) is 0. The maximum atomic E-state index is 11.9. The number of benzene rings is 1. The summed E-state index contributed by atoms with van der Waals surface area (Å²) < 4.78 is 35.6. The fourth-order valence-electron chi connectivity index (χ4n) is 1.28. The van der Waals surface area contributed by atoms with E-state index in [4.69, 9.17) is 0 Å². The number of Topliss-reactive ketones (excluding diaryl/α,β-unsaturated/α-hetero) is 1. The van der Waals surface area contributed by atoms with Crippen LogP contribution in [-0.4, -0.2) is 12.0 Å². The summed E-state index contributed by atoms with van der Waals surface area (Å²) in [4.78, 5) is 11.4. The van der Waals surface area contributed by atoms with Gasteiger partial charge in [-0.15, -0.1) is 0 Å². The molecule has 0 bridgehead atoms. The molecule has 1 nitrogen and oxygen atoms in total. The van der Waals surface area contributed by atoms with Crippen molar-refractivity contribution < 1.29 is 18.0 Å². The third-order valence-corrected chi connectivity index (χ3v) is 2.08. The van der Waals surface area contributed by atoms with E-state index < -0.39 is 24.8 Å². The number of halogens is 3. The lowest BCUT2D eigenvalue weighted by Crippen LogP contribution is -2.11. The van der Waals surface area contributed by atoms with Gasteiger partial charge in [0, 0.05) is 12.0 Å². The van der Waals surface area contributed by atoms with E-state index in [1.807, 2.05) is 0 Å². The van der Waals surface area contributed by atoms with Crippen LogP contribution in [0.5, 0.6) is 0 Å². The van der Waals surface area contributed by atoms with Crippen LogP contribution in [-0.2, 0) is 0 Å². The van der Waals surface area contributed by atoms with Crippen LogP contribution in [0.3, 0.4) is 0 Å². The van der Waals surface area contributed by atoms with Gasteiger partial charge in [-0.3, -0.25) is 4.79 Å². The zero-order valence-corrected chi connectivity index (χ0v) is 8.27. The molecule has 1 rings (SSSR count). The van der Waals surface area contributed by atoms with E-state index >= 15 is 0 Å². The number of hydrogen-bond donors (Lipinski definition) is 0. The predicted molar refractivity (Wildman–Crippen MR) is 50.8 cm³/mol. The summed E-state index contributed by atoms with van der Waals surface area (Å²) in [6, 6.07) is 6.65. The highest BCUT2D eigenvalue weighted by Gasteiger charge is 2.28. The maximum Gasteiger partial charge on any atom is 0.389 e. The Balaban J connectivity index is 2.66. The highest BCUT2D eigenvalue weighted by molar-refractivity contribution is 5.97. The monoisotopic (exact) mass is 216 g/mol. The Kier molecular flexibility index (Phi) is 3.50. The Morgan fingerprint density at radius 1 is 1.27 bits per heavy atom. The lowest BCUT2D eigenvalue weighted by atomic mass is 10.0. The minimum Gasteiger partial charge on any atom is -0.294 e. The van der Waals surface area contributed by atoms with E-state index in [0.29, 0.717) is 11.1 Å². The van der Waals surface area contributed by atoms with Gasteiger partial charge < -0.3 is 0 Å². The molecule has 1 aromatic rings. The average molecular weight is 216 g/mol. The molecule has 0 unspecified atom stereocenters. The van der Waals surface area contributed by atoms with Crippen molar-refractivity contribution in [1.29, 1.82) is 0 Å². The second kappa shape index (κ2) is 4.47. The van der Waals surface area contributed by atoms with Gasteiger partial charge in [-0.2, -0.15) is 13.2 Å². The number of alkyl halides is 3. The summed E-state index contributed by atoms with van der Waals surface area (Å²) in [7, 11) is 0. The van der Waals surface area contributed by atoms with E-state index in [2.05, 4.69) is 0 Å². The van der Waals surface area contributed by atoms with E-state index in [1.54, 1.807) is 31.2 Å². The van der Waals surface area contributed by atoms with Gasteiger partial charge in [0.05, 0.1) is 6.42 Å². The molecule has 0 amide bonds. The van der Waals surface area contributed by atoms with Gasteiger partial charge in [0.2, 0.25) is 0 Å². The third-order valence-electron chi connectivity index (χ3n) is 2.08. The summed E-state index contributed by atoms with van der Waals surface area (Å²) in [5.41, 5.74) is 1.09. The van der Waals surface area contributed by atoms with Crippen LogP contribution in [0.4, 0.5) is 13.2 Å². The third kappa shape index (κ3) is 3.73. The normalized spacial score (nSPS) is 11.5. The molecule has 0 N–H and O–H groups in total. The highest BCUT2D eigenvalue weighted by Crippen LogP contribution is 2.23. The molecule has 0 aromatic heterocycles. The van der Waals surface area contributed by atoms with E-state index in [1.165, 1.54) is 0 Å². The second-order valence-electron chi connectivity index (χ2n) is 3.35. The fraction of sp³-hybridized carbons (Fsp3) is 0.364. The van der Waals surface area contributed by atoms with Crippen LogP contribution in [0.2, 0.25) is 0 Å². The second-order valence-corrected chi connectivity index (χ2v) is 3.35. The van der Waals surface area contributed by atoms with Crippen molar-refractivity contribution in [3.05, 3.63) is 35.4 Å². The molecule has 0 atom stereocenters. The summed E-state index contributed by atoms with van der Waals surface area (Å²) >= 11 is 0.